The lowest BCUT2D eigenvalue weighted by molar-refractivity contribution is 0.0697. The Morgan fingerprint density at radius 1 is 1.45 bits per heavy atom. The quantitative estimate of drug-likeness (QED) is 0.871. The molecule has 0 bridgehead atoms. The maximum absolute atomic E-state index is 11.2. The third kappa shape index (κ3) is 2.96. The highest BCUT2D eigenvalue weighted by Crippen LogP contribution is 2.16. The molecule has 0 aliphatic rings. The molecule has 0 fully saturated rings. The number of carboxylic acid groups (broad SMARTS) is 1. The fraction of sp³-hybridized carbons (Fsp3) is 0.357. The monoisotopic (exact) mass is 274 g/mol. The lowest BCUT2D eigenvalue weighted by Gasteiger charge is -2.09. The van der Waals surface area contributed by atoms with Crippen molar-refractivity contribution in [1.29, 1.82) is 0 Å². The number of pyridine rings is 1. The van der Waals surface area contributed by atoms with Crippen molar-refractivity contribution in [2.45, 2.75) is 26.8 Å². The van der Waals surface area contributed by atoms with Crippen LogP contribution in [0.15, 0.2) is 18.3 Å². The van der Waals surface area contributed by atoms with E-state index in [1.807, 2.05) is 27.1 Å². The van der Waals surface area contributed by atoms with Gasteiger partial charge in [-0.15, -0.1) is 0 Å². The van der Waals surface area contributed by atoms with Crippen molar-refractivity contribution < 1.29 is 9.90 Å². The molecule has 2 N–H and O–H groups in total. The standard InChI is InChI=1S/C14H18N4O2/c1-4-12-10(8-18(3)17-12)7-15-13-11(14(19)20)6-5-9(2)16-13/h5-6,8H,4,7H2,1-3H3,(H,15,16)(H,19,20). The molecule has 0 saturated heterocycles. The van der Waals surface area contributed by atoms with Crippen LogP contribution in [0.3, 0.4) is 0 Å². The van der Waals surface area contributed by atoms with E-state index in [2.05, 4.69) is 15.4 Å². The number of aryl methyl sites for hydroxylation is 3. The molecular formula is C14H18N4O2. The minimum atomic E-state index is -0.984. The van der Waals surface area contributed by atoms with Crippen molar-refractivity contribution in [2.75, 3.05) is 5.32 Å². The average molecular weight is 274 g/mol. The first-order valence-corrected chi connectivity index (χ1v) is 6.47. The Kier molecular flexibility index (Phi) is 4.02. The summed E-state index contributed by atoms with van der Waals surface area (Å²) in [7, 11) is 1.87. The van der Waals surface area contributed by atoms with Crippen molar-refractivity contribution in [2.24, 2.45) is 7.05 Å². The predicted octanol–water partition coefficient (Wildman–Crippen LogP) is 2.00. The van der Waals surface area contributed by atoms with Crippen molar-refractivity contribution in [3.05, 3.63) is 40.8 Å². The van der Waals surface area contributed by atoms with Crippen LogP contribution in [0, 0.1) is 6.92 Å². The van der Waals surface area contributed by atoms with Crippen LogP contribution in [-0.4, -0.2) is 25.8 Å². The van der Waals surface area contributed by atoms with Crippen molar-refractivity contribution >= 4 is 11.8 Å². The second-order valence-electron chi connectivity index (χ2n) is 4.64. The SMILES string of the molecule is CCc1nn(C)cc1CNc1nc(C)ccc1C(=O)O. The van der Waals surface area contributed by atoms with Gasteiger partial charge in [0, 0.05) is 31.0 Å². The Morgan fingerprint density at radius 3 is 2.85 bits per heavy atom. The molecule has 2 rings (SSSR count). The van der Waals surface area contributed by atoms with Gasteiger partial charge in [0.05, 0.1) is 5.69 Å². The Hall–Kier alpha value is -2.37. The summed E-state index contributed by atoms with van der Waals surface area (Å²) in [5.74, 6) is -0.592. The van der Waals surface area contributed by atoms with Crippen LogP contribution in [0.4, 0.5) is 5.82 Å². The van der Waals surface area contributed by atoms with Gasteiger partial charge in [0.1, 0.15) is 11.4 Å². The highest BCUT2D eigenvalue weighted by atomic mass is 16.4. The highest BCUT2D eigenvalue weighted by Gasteiger charge is 2.12. The first-order valence-electron chi connectivity index (χ1n) is 6.47. The van der Waals surface area contributed by atoms with E-state index in [0.717, 1.165) is 23.4 Å². The minimum absolute atomic E-state index is 0.178. The van der Waals surface area contributed by atoms with E-state index in [1.54, 1.807) is 16.8 Å². The van der Waals surface area contributed by atoms with Crippen LogP contribution in [-0.2, 0) is 20.0 Å². The summed E-state index contributed by atoms with van der Waals surface area (Å²) in [6, 6.07) is 3.26. The van der Waals surface area contributed by atoms with Crippen LogP contribution in [0.1, 0.15) is 34.2 Å². The lowest BCUT2D eigenvalue weighted by Crippen LogP contribution is -2.09. The fourth-order valence-corrected chi connectivity index (χ4v) is 2.07. The van der Waals surface area contributed by atoms with Gasteiger partial charge in [-0.3, -0.25) is 4.68 Å². The van der Waals surface area contributed by atoms with E-state index in [-0.39, 0.29) is 5.56 Å². The molecule has 106 valence electrons. The number of rotatable bonds is 5. The third-order valence-corrected chi connectivity index (χ3v) is 3.04. The molecule has 0 amide bonds. The van der Waals surface area contributed by atoms with E-state index >= 15 is 0 Å². The molecule has 2 heterocycles. The summed E-state index contributed by atoms with van der Waals surface area (Å²) < 4.78 is 1.76. The van der Waals surface area contributed by atoms with Crippen LogP contribution >= 0.6 is 0 Å². The summed E-state index contributed by atoms with van der Waals surface area (Å²) in [6.07, 6.45) is 2.77. The van der Waals surface area contributed by atoms with Crippen molar-refractivity contribution in [3.8, 4) is 0 Å². The van der Waals surface area contributed by atoms with E-state index in [0.29, 0.717) is 12.4 Å². The first-order chi connectivity index (χ1) is 9.51. The van der Waals surface area contributed by atoms with E-state index in [4.69, 9.17) is 5.11 Å². The number of hydrogen-bond acceptors (Lipinski definition) is 4. The molecular weight excluding hydrogens is 256 g/mol. The molecule has 0 atom stereocenters. The van der Waals surface area contributed by atoms with Gasteiger partial charge in [-0.1, -0.05) is 6.92 Å². The number of nitrogens with zero attached hydrogens (tertiary/aromatic N) is 3. The molecule has 0 saturated carbocycles. The summed E-state index contributed by atoms with van der Waals surface area (Å²) in [5.41, 5.74) is 3.01. The molecule has 6 heteroatoms. The zero-order valence-electron chi connectivity index (χ0n) is 11.8. The molecule has 2 aromatic heterocycles. The van der Waals surface area contributed by atoms with E-state index < -0.39 is 5.97 Å². The largest absolute Gasteiger partial charge is 0.478 e. The van der Waals surface area contributed by atoms with Crippen molar-refractivity contribution in [3.63, 3.8) is 0 Å². The zero-order valence-corrected chi connectivity index (χ0v) is 11.8. The minimum Gasteiger partial charge on any atom is -0.478 e. The van der Waals surface area contributed by atoms with Crippen LogP contribution in [0.5, 0.6) is 0 Å². The van der Waals surface area contributed by atoms with Crippen LogP contribution in [0.25, 0.3) is 0 Å². The van der Waals surface area contributed by atoms with Crippen molar-refractivity contribution in [1.82, 2.24) is 14.8 Å². The average Bonchev–Trinajstić information content (AvgIpc) is 2.76. The van der Waals surface area contributed by atoms with Gasteiger partial charge in [0.25, 0.3) is 0 Å². The molecule has 0 unspecified atom stereocenters. The molecule has 0 aliphatic carbocycles. The van der Waals surface area contributed by atoms with Gasteiger partial charge >= 0.3 is 5.97 Å². The Labute approximate surface area is 117 Å². The molecule has 2 aromatic rings. The van der Waals surface area contributed by atoms with Gasteiger partial charge in [0.15, 0.2) is 0 Å². The van der Waals surface area contributed by atoms with Gasteiger partial charge in [-0.05, 0) is 25.5 Å². The lowest BCUT2D eigenvalue weighted by atomic mass is 10.2. The van der Waals surface area contributed by atoms with Gasteiger partial charge in [0.2, 0.25) is 0 Å². The number of nitrogens with one attached hydrogen (secondary N) is 1. The maximum atomic E-state index is 11.2. The summed E-state index contributed by atoms with van der Waals surface area (Å²) in [4.78, 5) is 15.4. The smallest absolute Gasteiger partial charge is 0.339 e. The number of carbonyl (C=O) groups is 1. The van der Waals surface area contributed by atoms with Gasteiger partial charge in [-0.25, -0.2) is 9.78 Å². The third-order valence-electron chi connectivity index (χ3n) is 3.04. The summed E-state index contributed by atoms with van der Waals surface area (Å²) in [6.45, 7) is 4.38. The normalized spacial score (nSPS) is 10.6. The number of hydrogen-bond donors (Lipinski definition) is 2. The predicted molar refractivity (Wildman–Crippen MR) is 75.8 cm³/mol. The van der Waals surface area contributed by atoms with Gasteiger partial charge < -0.3 is 10.4 Å². The van der Waals surface area contributed by atoms with Crippen LogP contribution in [0.2, 0.25) is 0 Å². The number of carboxylic acids is 1. The number of anilines is 1. The molecule has 20 heavy (non-hydrogen) atoms. The zero-order chi connectivity index (χ0) is 14.7. The molecule has 0 radical (unpaired) electrons. The summed E-state index contributed by atoms with van der Waals surface area (Å²) in [5, 5.41) is 16.6. The fourth-order valence-electron chi connectivity index (χ4n) is 2.07. The Bertz CT molecular complexity index is 634. The summed E-state index contributed by atoms with van der Waals surface area (Å²) >= 11 is 0. The molecule has 0 spiro atoms. The van der Waals surface area contributed by atoms with Crippen LogP contribution < -0.4 is 5.32 Å². The second kappa shape index (κ2) is 5.73. The topological polar surface area (TPSA) is 80.0 Å². The Balaban J connectivity index is 2.22. The maximum Gasteiger partial charge on any atom is 0.339 e. The van der Waals surface area contributed by atoms with E-state index in [1.165, 1.54) is 0 Å². The Morgan fingerprint density at radius 2 is 2.20 bits per heavy atom. The number of aromatic nitrogens is 3. The van der Waals surface area contributed by atoms with E-state index in [9.17, 15) is 4.79 Å². The van der Waals surface area contributed by atoms with Gasteiger partial charge in [-0.2, -0.15) is 5.10 Å². The molecule has 6 nitrogen and oxygen atoms in total. The highest BCUT2D eigenvalue weighted by molar-refractivity contribution is 5.93. The molecule has 0 aromatic carbocycles. The number of aromatic carboxylic acids is 1. The second-order valence-corrected chi connectivity index (χ2v) is 4.64. The molecule has 0 aliphatic heterocycles. The first kappa shape index (κ1) is 14.0.